The summed E-state index contributed by atoms with van der Waals surface area (Å²) in [5, 5.41) is 8.62. The van der Waals surface area contributed by atoms with E-state index >= 15 is 0 Å². The average Bonchev–Trinajstić information content (AvgIpc) is 2.24. The highest BCUT2D eigenvalue weighted by Crippen LogP contribution is 2.29. The number of benzene rings is 1. The van der Waals surface area contributed by atoms with Crippen molar-refractivity contribution in [1.29, 1.82) is 0 Å². The zero-order chi connectivity index (χ0) is 12.8. The van der Waals surface area contributed by atoms with E-state index in [9.17, 15) is 4.79 Å². The number of carboxylic acids is 1. The Balaban J connectivity index is 3.10. The summed E-state index contributed by atoms with van der Waals surface area (Å²) < 4.78 is 11.1. The molecule has 0 aliphatic heterocycles. The molecule has 0 aromatic heterocycles. The molecule has 0 heterocycles. The summed E-state index contributed by atoms with van der Waals surface area (Å²) in [5.41, 5.74) is 1.60. The second kappa shape index (κ2) is 6.42. The highest BCUT2D eigenvalue weighted by Gasteiger charge is 2.07. The van der Waals surface area contributed by atoms with Gasteiger partial charge in [0.15, 0.2) is 6.79 Å². The largest absolute Gasteiger partial charge is 0.478 e. The highest BCUT2D eigenvalue weighted by atomic mass is 79.9. The van der Waals surface area contributed by atoms with Crippen LogP contribution in [0.25, 0.3) is 6.08 Å². The molecule has 0 aliphatic carbocycles. The van der Waals surface area contributed by atoms with Crippen molar-refractivity contribution in [2.45, 2.75) is 6.92 Å². The molecule has 0 saturated carbocycles. The Hall–Kier alpha value is -1.33. The predicted molar refractivity (Wildman–Crippen MR) is 68.1 cm³/mol. The molecular weight excluding hydrogens is 288 g/mol. The first-order chi connectivity index (χ1) is 8.04. The van der Waals surface area contributed by atoms with Crippen LogP contribution in [-0.4, -0.2) is 25.0 Å². The van der Waals surface area contributed by atoms with Gasteiger partial charge in [0, 0.05) is 23.2 Å². The second-order valence-corrected chi connectivity index (χ2v) is 4.28. The molecule has 92 valence electrons. The lowest BCUT2D eigenvalue weighted by Gasteiger charge is -2.12. The fourth-order valence-corrected chi connectivity index (χ4v) is 1.95. The Bertz CT molecular complexity index is 440. The van der Waals surface area contributed by atoms with E-state index in [0.717, 1.165) is 16.1 Å². The summed E-state index contributed by atoms with van der Waals surface area (Å²) in [6, 6.07) is 3.68. The number of aryl methyl sites for hydroxylation is 1. The molecule has 1 rings (SSSR count). The Kier molecular flexibility index (Phi) is 5.18. The van der Waals surface area contributed by atoms with Gasteiger partial charge in [-0.15, -0.1) is 0 Å². The van der Waals surface area contributed by atoms with Crippen molar-refractivity contribution in [1.82, 2.24) is 0 Å². The van der Waals surface area contributed by atoms with E-state index < -0.39 is 5.97 Å². The molecule has 5 heteroatoms. The van der Waals surface area contributed by atoms with Crippen LogP contribution in [0.1, 0.15) is 11.1 Å². The first-order valence-electron chi connectivity index (χ1n) is 4.87. The molecule has 0 fully saturated rings. The maximum atomic E-state index is 10.5. The van der Waals surface area contributed by atoms with Gasteiger partial charge in [-0.2, -0.15) is 0 Å². The number of aliphatic carboxylic acids is 1. The molecule has 1 N–H and O–H groups in total. The lowest BCUT2D eigenvalue weighted by atomic mass is 10.1. The molecule has 1 aromatic carbocycles. The van der Waals surface area contributed by atoms with Gasteiger partial charge in [0.2, 0.25) is 0 Å². The van der Waals surface area contributed by atoms with Gasteiger partial charge in [-0.25, -0.2) is 4.79 Å². The van der Waals surface area contributed by atoms with Crippen LogP contribution in [0.4, 0.5) is 0 Å². The Labute approximate surface area is 108 Å². The fourth-order valence-electron chi connectivity index (χ4n) is 1.36. The van der Waals surface area contributed by atoms with E-state index in [1.54, 1.807) is 6.07 Å². The molecule has 0 spiro atoms. The van der Waals surface area contributed by atoms with Gasteiger partial charge in [-0.1, -0.05) is 15.9 Å². The van der Waals surface area contributed by atoms with Crippen molar-refractivity contribution >= 4 is 28.0 Å². The number of methoxy groups -OCH3 is 1. The van der Waals surface area contributed by atoms with Crippen LogP contribution in [0.3, 0.4) is 0 Å². The third-order valence-corrected chi connectivity index (χ3v) is 2.45. The van der Waals surface area contributed by atoms with Gasteiger partial charge < -0.3 is 14.6 Å². The van der Waals surface area contributed by atoms with Gasteiger partial charge in [-0.05, 0) is 30.7 Å². The standard InChI is InChI=1S/C12H13BrO4/c1-8-5-10(13)6-9(3-4-11(14)15)12(8)17-7-16-2/h3-6H,7H2,1-2H3,(H,14,15)/b4-3+. The average molecular weight is 301 g/mol. The number of carbonyl (C=O) groups is 1. The molecule has 0 radical (unpaired) electrons. The molecule has 0 saturated heterocycles. The first-order valence-corrected chi connectivity index (χ1v) is 5.66. The number of halogens is 1. The minimum atomic E-state index is -1.000. The number of ether oxygens (including phenoxy) is 2. The molecule has 0 unspecified atom stereocenters. The van der Waals surface area contributed by atoms with Crippen LogP contribution in [0, 0.1) is 6.92 Å². The highest BCUT2D eigenvalue weighted by molar-refractivity contribution is 9.10. The third kappa shape index (κ3) is 4.20. The minimum Gasteiger partial charge on any atom is -0.478 e. The van der Waals surface area contributed by atoms with Crippen molar-refractivity contribution in [3.8, 4) is 5.75 Å². The smallest absolute Gasteiger partial charge is 0.328 e. The Morgan fingerprint density at radius 3 is 2.82 bits per heavy atom. The van der Waals surface area contributed by atoms with Crippen LogP contribution >= 0.6 is 15.9 Å². The lowest BCUT2D eigenvalue weighted by Crippen LogP contribution is -2.02. The summed E-state index contributed by atoms with van der Waals surface area (Å²) in [5.74, 6) is -0.382. The fraction of sp³-hybridized carbons (Fsp3) is 0.250. The number of carboxylic acid groups (broad SMARTS) is 1. The van der Waals surface area contributed by atoms with Crippen molar-refractivity contribution in [3.63, 3.8) is 0 Å². The van der Waals surface area contributed by atoms with Gasteiger partial charge in [0.25, 0.3) is 0 Å². The van der Waals surface area contributed by atoms with Crippen LogP contribution in [0.2, 0.25) is 0 Å². The van der Waals surface area contributed by atoms with Gasteiger partial charge in [0.05, 0.1) is 0 Å². The Morgan fingerprint density at radius 2 is 2.24 bits per heavy atom. The van der Waals surface area contributed by atoms with Crippen molar-refractivity contribution in [2.75, 3.05) is 13.9 Å². The van der Waals surface area contributed by atoms with E-state index in [0.29, 0.717) is 11.3 Å². The SMILES string of the molecule is COCOc1c(C)cc(Br)cc1/C=C/C(=O)O. The molecule has 0 atom stereocenters. The topological polar surface area (TPSA) is 55.8 Å². The first kappa shape index (κ1) is 13.7. The molecule has 1 aromatic rings. The van der Waals surface area contributed by atoms with Crippen molar-refractivity contribution in [2.24, 2.45) is 0 Å². The van der Waals surface area contributed by atoms with E-state index in [1.165, 1.54) is 13.2 Å². The number of rotatable bonds is 5. The minimum absolute atomic E-state index is 0.121. The van der Waals surface area contributed by atoms with Crippen LogP contribution in [-0.2, 0) is 9.53 Å². The second-order valence-electron chi connectivity index (χ2n) is 3.36. The molecule has 0 aliphatic rings. The normalized spacial score (nSPS) is 10.8. The monoisotopic (exact) mass is 300 g/mol. The van der Waals surface area contributed by atoms with Crippen LogP contribution < -0.4 is 4.74 Å². The zero-order valence-corrected chi connectivity index (χ0v) is 11.2. The number of hydrogen-bond acceptors (Lipinski definition) is 3. The van der Waals surface area contributed by atoms with E-state index in [4.69, 9.17) is 14.6 Å². The lowest BCUT2D eigenvalue weighted by molar-refractivity contribution is -0.131. The maximum Gasteiger partial charge on any atom is 0.328 e. The molecule has 17 heavy (non-hydrogen) atoms. The third-order valence-electron chi connectivity index (χ3n) is 1.99. The van der Waals surface area contributed by atoms with E-state index in [2.05, 4.69) is 15.9 Å². The molecule has 4 nitrogen and oxygen atoms in total. The number of hydrogen-bond donors (Lipinski definition) is 1. The molecule has 0 amide bonds. The summed E-state index contributed by atoms with van der Waals surface area (Å²) in [4.78, 5) is 10.5. The van der Waals surface area contributed by atoms with Gasteiger partial charge >= 0.3 is 5.97 Å². The van der Waals surface area contributed by atoms with Crippen molar-refractivity contribution < 1.29 is 19.4 Å². The summed E-state index contributed by atoms with van der Waals surface area (Å²) in [6.07, 6.45) is 2.56. The molecule has 0 bridgehead atoms. The van der Waals surface area contributed by atoms with Crippen LogP contribution in [0.15, 0.2) is 22.7 Å². The van der Waals surface area contributed by atoms with E-state index in [1.807, 2.05) is 13.0 Å². The predicted octanol–water partition coefficient (Wildman–Crippen LogP) is 2.84. The van der Waals surface area contributed by atoms with Gasteiger partial charge in [-0.3, -0.25) is 0 Å². The van der Waals surface area contributed by atoms with E-state index in [-0.39, 0.29) is 6.79 Å². The Morgan fingerprint density at radius 1 is 1.53 bits per heavy atom. The van der Waals surface area contributed by atoms with Gasteiger partial charge in [0.1, 0.15) is 5.75 Å². The quantitative estimate of drug-likeness (QED) is 0.671. The molecular formula is C12H13BrO4. The summed E-state index contributed by atoms with van der Waals surface area (Å²) in [7, 11) is 1.53. The maximum absolute atomic E-state index is 10.5. The van der Waals surface area contributed by atoms with Crippen molar-refractivity contribution in [3.05, 3.63) is 33.8 Å². The zero-order valence-electron chi connectivity index (χ0n) is 9.57. The van der Waals surface area contributed by atoms with Crippen LogP contribution in [0.5, 0.6) is 5.75 Å². The summed E-state index contributed by atoms with van der Waals surface area (Å²) in [6.45, 7) is 2.00. The summed E-state index contributed by atoms with van der Waals surface area (Å²) >= 11 is 3.35.